The van der Waals surface area contributed by atoms with Crippen LogP contribution < -0.4 is 0 Å². The van der Waals surface area contributed by atoms with E-state index in [1.807, 2.05) is 42.2 Å². The Morgan fingerprint density at radius 1 is 1.14 bits per heavy atom. The number of ether oxygens (including phenoxy) is 1. The maximum absolute atomic E-state index is 13.3. The molecule has 2 aromatic carbocycles. The summed E-state index contributed by atoms with van der Waals surface area (Å²) in [7, 11) is 0. The summed E-state index contributed by atoms with van der Waals surface area (Å²) in [4.78, 5) is 15.1. The molecule has 0 saturated carbocycles. The van der Waals surface area contributed by atoms with Gasteiger partial charge in [-0.15, -0.1) is 0 Å². The van der Waals surface area contributed by atoms with Crippen LogP contribution in [-0.4, -0.2) is 40.3 Å². The van der Waals surface area contributed by atoms with Crippen LogP contribution in [0.25, 0.3) is 0 Å². The monoisotopic (exact) mass is 409 g/mol. The molecular formula is C23H24ClN3O2. The van der Waals surface area contributed by atoms with Crippen molar-refractivity contribution in [1.82, 2.24) is 14.7 Å². The maximum Gasteiger partial charge on any atom is 0.259 e. The first-order valence-electron chi connectivity index (χ1n) is 9.77. The predicted molar refractivity (Wildman–Crippen MR) is 113 cm³/mol. The van der Waals surface area contributed by atoms with Gasteiger partial charge in [0.1, 0.15) is 11.3 Å². The first-order valence-corrected chi connectivity index (χ1v) is 10.1. The van der Waals surface area contributed by atoms with Crippen LogP contribution in [0.2, 0.25) is 5.15 Å². The molecular weight excluding hydrogens is 386 g/mol. The van der Waals surface area contributed by atoms with Gasteiger partial charge in [0.25, 0.3) is 5.91 Å². The van der Waals surface area contributed by atoms with E-state index in [0.717, 1.165) is 11.1 Å². The fraction of sp³-hybridized carbons (Fsp3) is 0.304. The Bertz CT molecular complexity index is 999. The third-order valence-electron chi connectivity index (χ3n) is 5.26. The molecule has 3 aromatic rings. The number of halogens is 1. The van der Waals surface area contributed by atoms with E-state index in [2.05, 4.69) is 36.3 Å². The van der Waals surface area contributed by atoms with Crippen molar-refractivity contribution < 1.29 is 9.53 Å². The summed E-state index contributed by atoms with van der Waals surface area (Å²) in [5.41, 5.74) is 4.49. The quantitative estimate of drug-likeness (QED) is 0.641. The Balaban J connectivity index is 1.54. The van der Waals surface area contributed by atoms with Crippen molar-refractivity contribution in [2.75, 3.05) is 19.7 Å². The lowest BCUT2D eigenvalue weighted by molar-refractivity contribution is -0.0228. The Morgan fingerprint density at radius 3 is 2.59 bits per heavy atom. The van der Waals surface area contributed by atoms with Crippen molar-refractivity contribution >= 4 is 17.5 Å². The molecule has 1 atom stereocenters. The highest BCUT2D eigenvalue weighted by atomic mass is 35.5. The highest BCUT2D eigenvalue weighted by Gasteiger charge is 2.30. The fourth-order valence-electron chi connectivity index (χ4n) is 3.63. The molecule has 2 heterocycles. The zero-order valence-corrected chi connectivity index (χ0v) is 17.4. The second-order valence-corrected chi connectivity index (χ2v) is 7.77. The van der Waals surface area contributed by atoms with Gasteiger partial charge in [0.2, 0.25) is 0 Å². The normalized spacial score (nSPS) is 16.8. The standard InChI is InChI=1S/C23H24ClN3O2/c1-16-8-10-18(11-9-16)14-27-22(24)21(17(2)25-27)23(28)26-12-13-29-20(15-26)19-6-4-3-5-7-19/h3-11,20H,12-15H2,1-2H3. The van der Waals surface area contributed by atoms with Gasteiger partial charge >= 0.3 is 0 Å². The largest absolute Gasteiger partial charge is 0.370 e. The average Bonchev–Trinajstić information content (AvgIpc) is 3.03. The average molecular weight is 410 g/mol. The van der Waals surface area contributed by atoms with Crippen LogP contribution in [0, 0.1) is 13.8 Å². The highest BCUT2D eigenvalue weighted by molar-refractivity contribution is 6.33. The predicted octanol–water partition coefficient (Wildman–Crippen LogP) is 4.42. The van der Waals surface area contributed by atoms with Crippen molar-refractivity contribution in [3.63, 3.8) is 0 Å². The van der Waals surface area contributed by atoms with E-state index < -0.39 is 0 Å². The minimum Gasteiger partial charge on any atom is -0.370 e. The van der Waals surface area contributed by atoms with E-state index in [-0.39, 0.29) is 12.0 Å². The van der Waals surface area contributed by atoms with Gasteiger partial charge < -0.3 is 9.64 Å². The Kier molecular flexibility index (Phi) is 5.69. The molecule has 1 fully saturated rings. The Labute approximate surface area is 175 Å². The molecule has 4 rings (SSSR count). The molecule has 1 aliphatic rings. The highest BCUT2D eigenvalue weighted by Crippen LogP contribution is 2.27. The van der Waals surface area contributed by atoms with Crippen LogP contribution in [0.1, 0.15) is 38.8 Å². The van der Waals surface area contributed by atoms with Gasteiger partial charge in [0, 0.05) is 6.54 Å². The summed E-state index contributed by atoms with van der Waals surface area (Å²) < 4.78 is 7.59. The SMILES string of the molecule is Cc1ccc(Cn2nc(C)c(C(=O)N3CCOC(c4ccccc4)C3)c2Cl)cc1. The van der Waals surface area contributed by atoms with Gasteiger partial charge in [-0.3, -0.25) is 4.79 Å². The number of carbonyl (C=O) groups excluding carboxylic acids is 1. The zero-order valence-electron chi connectivity index (χ0n) is 16.6. The minimum atomic E-state index is -0.129. The van der Waals surface area contributed by atoms with E-state index in [1.165, 1.54) is 5.56 Å². The number of aromatic nitrogens is 2. The lowest BCUT2D eigenvalue weighted by atomic mass is 10.1. The molecule has 0 aliphatic carbocycles. The second kappa shape index (κ2) is 8.39. The van der Waals surface area contributed by atoms with Crippen molar-refractivity contribution in [1.29, 1.82) is 0 Å². The fourth-order valence-corrected chi connectivity index (χ4v) is 3.94. The van der Waals surface area contributed by atoms with Crippen LogP contribution >= 0.6 is 11.6 Å². The van der Waals surface area contributed by atoms with Gasteiger partial charge in [-0.05, 0) is 25.0 Å². The molecule has 150 valence electrons. The maximum atomic E-state index is 13.3. The molecule has 29 heavy (non-hydrogen) atoms. The molecule has 1 aromatic heterocycles. The van der Waals surface area contributed by atoms with Gasteiger partial charge in [-0.1, -0.05) is 71.8 Å². The number of hydrogen-bond acceptors (Lipinski definition) is 3. The van der Waals surface area contributed by atoms with E-state index >= 15 is 0 Å². The van der Waals surface area contributed by atoms with Gasteiger partial charge in [-0.2, -0.15) is 5.10 Å². The molecule has 5 nitrogen and oxygen atoms in total. The lowest BCUT2D eigenvalue weighted by Gasteiger charge is -2.33. The van der Waals surface area contributed by atoms with E-state index in [1.54, 1.807) is 4.68 Å². The molecule has 1 aliphatic heterocycles. The van der Waals surface area contributed by atoms with Crippen LogP contribution in [0.3, 0.4) is 0 Å². The van der Waals surface area contributed by atoms with Crippen molar-refractivity contribution in [2.24, 2.45) is 0 Å². The number of aryl methyl sites for hydroxylation is 2. The van der Waals surface area contributed by atoms with Crippen molar-refractivity contribution in [3.8, 4) is 0 Å². The van der Waals surface area contributed by atoms with Crippen LogP contribution in [-0.2, 0) is 11.3 Å². The molecule has 1 amide bonds. The smallest absolute Gasteiger partial charge is 0.259 e. The number of nitrogens with zero attached hydrogens (tertiary/aromatic N) is 3. The molecule has 0 bridgehead atoms. The summed E-state index contributed by atoms with van der Waals surface area (Å²) in [5.74, 6) is -0.0908. The second-order valence-electron chi connectivity index (χ2n) is 7.42. The zero-order chi connectivity index (χ0) is 20.4. The Morgan fingerprint density at radius 2 is 1.86 bits per heavy atom. The first-order chi connectivity index (χ1) is 14.0. The molecule has 1 unspecified atom stereocenters. The summed E-state index contributed by atoms with van der Waals surface area (Å²) >= 11 is 6.60. The number of benzene rings is 2. The van der Waals surface area contributed by atoms with Gasteiger partial charge in [-0.25, -0.2) is 4.68 Å². The Hall–Kier alpha value is -2.63. The molecule has 0 N–H and O–H groups in total. The summed E-state index contributed by atoms with van der Waals surface area (Å²) in [6.07, 6.45) is -0.129. The first kappa shape index (κ1) is 19.7. The molecule has 0 spiro atoms. The van der Waals surface area contributed by atoms with E-state index in [4.69, 9.17) is 16.3 Å². The van der Waals surface area contributed by atoms with Crippen LogP contribution in [0.15, 0.2) is 54.6 Å². The number of morpholine rings is 1. The summed E-state index contributed by atoms with van der Waals surface area (Å²) in [6.45, 7) is 5.96. The van der Waals surface area contributed by atoms with Gasteiger partial charge in [0.15, 0.2) is 0 Å². The topological polar surface area (TPSA) is 47.4 Å². The van der Waals surface area contributed by atoms with E-state index in [9.17, 15) is 4.79 Å². The number of carbonyl (C=O) groups is 1. The molecule has 6 heteroatoms. The molecule has 1 saturated heterocycles. The minimum absolute atomic E-state index is 0.0908. The lowest BCUT2D eigenvalue weighted by Crippen LogP contribution is -2.42. The van der Waals surface area contributed by atoms with E-state index in [0.29, 0.717) is 42.7 Å². The number of hydrogen-bond donors (Lipinski definition) is 0. The van der Waals surface area contributed by atoms with Crippen LogP contribution in [0.5, 0.6) is 0 Å². The third kappa shape index (κ3) is 4.21. The van der Waals surface area contributed by atoms with Gasteiger partial charge in [0.05, 0.1) is 31.0 Å². The summed E-state index contributed by atoms with van der Waals surface area (Å²) in [6, 6.07) is 18.2. The van der Waals surface area contributed by atoms with Crippen molar-refractivity contribution in [2.45, 2.75) is 26.5 Å². The summed E-state index contributed by atoms with van der Waals surface area (Å²) in [5, 5.41) is 4.91. The van der Waals surface area contributed by atoms with Crippen LogP contribution in [0.4, 0.5) is 0 Å². The number of amides is 1. The number of rotatable bonds is 4. The third-order valence-corrected chi connectivity index (χ3v) is 5.64. The molecule has 0 radical (unpaired) electrons. The van der Waals surface area contributed by atoms with Crippen molar-refractivity contribution in [3.05, 3.63) is 87.7 Å².